The van der Waals surface area contributed by atoms with Crippen LogP contribution in [0.4, 0.5) is 5.69 Å². The first-order valence-electron chi connectivity index (χ1n) is 11.4. The number of benzene rings is 2. The van der Waals surface area contributed by atoms with Gasteiger partial charge >= 0.3 is 0 Å². The summed E-state index contributed by atoms with van der Waals surface area (Å²) in [4.78, 5) is 26.5. The Morgan fingerprint density at radius 3 is 2.44 bits per heavy atom. The normalized spacial score (nSPS) is 17.0. The van der Waals surface area contributed by atoms with E-state index in [1.54, 1.807) is 18.2 Å². The first-order valence-corrected chi connectivity index (χ1v) is 13.2. The highest BCUT2D eigenvalue weighted by Crippen LogP contribution is 2.35. The average molecular weight is 506 g/mol. The number of anilines is 1. The van der Waals surface area contributed by atoms with E-state index in [4.69, 9.17) is 16.3 Å². The van der Waals surface area contributed by atoms with Crippen molar-refractivity contribution in [2.45, 2.75) is 37.0 Å². The second-order valence-electron chi connectivity index (χ2n) is 8.44. The topological polar surface area (TPSA) is 96.0 Å². The molecule has 0 radical (unpaired) electrons. The molecule has 2 aliphatic heterocycles. The van der Waals surface area contributed by atoms with Crippen LogP contribution in [0.3, 0.4) is 0 Å². The monoisotopic (exact) mass is 505 g/mol. The number of rotatable bonds is 7. The third-order valence-corrected chi connectivity index (χ3v) is 8.17. The number of carbonyl (C=O) groups is 2. The third-order valence-electron chi connectivity index (χ3n) is 6.03. The Morgan fingerprint density at radius 1 is 1.03 bits per heavy atom. The van der Waals surface area contributed by atoms with Gasteiger partial charge in [-0.25, -0.2) is 8.42 Å². The molecule has 2 aliphatic rings. The SMILES string of the molecule is O=C(CN1C(=O)COc2ccc(S(=O)(=O)N3CCCCCC3)cc21)NCCc1ccc(Cl)cc1. The number of nitrogens with one attached hydrogen (secondary N) is 1. The van der Waals surface area contributed by atoms with Gasteiger partial charge in [0, 0.05) is 24.7 Å². The molecule has 0 saturated carbocycles. The maximum absolute atomic E-state index is 13.2. The molecule has 34 heavy (non-hydrogen) atoms. The van der Waals surface area contributed by atoms with Crippen LogP contribution >= 0.6 is 11.6 Å². The Kier molecular flexibility index (Phi) is 7.75. The minimum atomic E-state index is -3.71. The van der Waals surface area contributed by atoms with Crippen molar-refractivity contribution < 1.29 is 22.7 Å². The van der Waals surface area contributed by atoms with E-state index in [2.05, 4.69) is 5.32 Å². The molecule has 1 saturated heterocycles. The molecule has 1 N–H and O–H groups in total. The molecule has 2 aromatic rings. The molecule has 1 fully saturated rings. The van der Waals surface area contributed by atoms with E-state index in [0.717, 1.165) is 31.2 Å². The minimum Gasteiger partial charge on any atom is -0.482 e. The van der Waals surface area contributed by atoms with Crippen molar-refractivity contribution in [1.82, 2.24) is 9.62 Å². The second kappa shape index (κ2) is 10.8. The lowest BCUT2D eigenvalue weighted by Gasteiger charge is -2.30. The molecule has 182 valence electrons. The Labute approximate surface area is 204 Å². The molecule has 0 bridgehead atoms. The molecule has 2 heterocycles. The van der Waals surface area contributed by atoms with Gasteiger partial charge in [-0.15, -0.1) is 0 Å². The van der Waals surface area contributed by atoms with Crippen LogP contribution in [0.2, 0.25) is 5.02 Å². The predicted molar refractivity (Wildman–Crippen MR) is 130 cm³/mol. The number of amides is 2. The fourth-order valence-electron chi connectivity index (χ4n) is 4.14. The van der Waals surface area contributed by atoms with Gasteiger partial charge in [-0.1, -0.05) is 36.6 Å². The Morgan fingerprint density at radius 2 is 1.74 bits per heavy atom. The zero-order valence-electron chi connectivity index (χ0n) is 18.8. The van der Waals surface area contributed by atoms with Gasteiger partial charge in [-0.3, -0.25) is 14.5 Å². The fourth-order valence-corrected chi connectivity index (χ4v) is 5.81. The van der Waals surface area contributed by atoms with E-state index in [9.17, 15) is 18.0 Å². The van der Waals surface area contributed by atoms with Gasteiger partial charge in [0.2, 0.25) is 15.9 Å². The van der Waals surface area contributed by atoms with Crippen molar-refractivity contribution in [2.75, 3.05) is 37.7 Å². The first-order chi connectivity index (χ1) is 16.3. The molecule has 4 rings (SSSR count). The van der Waals surface area contributed by atoms with Crippen LogP contribution in [0.15, 0.2) is 47.4 Å². The lowest BCUT2D eigenvalue weighted by molar-refractivity contribution is -0.125. The maximum Gasteiger partial charge on any atom is 0.265 e. The molecule has 2 aromatic carbocycles. The zero-order chi connectivity index (χ0) is 24.1. The molecule has 2 amide bonds. The number of hydrogen-bond donors (Lipinski definition) is 1. The molecule has 0 spiro atoms. The summed E-state index contributed by atoms with van der Waals surface area (Å²) in [6.07, 6.45) is 4.30. The van der Waals surface area contributed by atoms with Gasteiger partial charge in [0.25, 0.3) is 5.91 Å². The zero-order valence-corrected chi connectivity index (χ0v) is 20.4. The molecule has 0 atom stereocenters. The molecular weight excluding hydrogens is 478 g/mol. The van der Waals surface area contributed by atoms with Crippen LogP contribution in [-0.2, 0) is 26.0 Å². The van der Waals surface area contributed by atoms with Crippen molar-refractivity contribution in [1.29, 1.82) is 0 Å². The van der Waals surface area contributed by atoms with Crippen molar-refractivity contribution in [3.63, 3.8) is 0 Å². The largest absolute Gasteiger partial charge is 0.482 e. The summed E-state index contributed by atoms with van der Waals surface area (Å²) in [7, 11) is -3.71. The summed E-state index contributed by atoms with van der Waals surface area (Å²) in [5, 5.41) is 3.46. The lowest BCUT2D eigenvalue weighted by Crippen LogP contribution is -2.45. The summed E-state index contributed by atoms with van der Waals surface area (Å²) in [5.41, 5.74) is 1.32. The van der Waals surface area contributed by atoms with Gasteiger partial charge in [0.1, 0.15) is 12.3 Å². The number of nitrogens with zero attached hydrogens (tertiary/aromatic N) is 2. The van der Waals surface area contributed by atoms with Gasteiger partial charge in [-0.2, -0.15) is 4.31 Å². The minimum absolute atomic E-state index is 0.0968. The lowest BCUT2D eigenvalue weighted by atomic mass is 10.1. The summed E-state index contributed by atoms with van der Waals surface area (Å²) >= 11 is 5.89. The van der Waals surface area contributed by atoms with Crippen LogP contribution in [0, 0.1) is 0 Å². The van der Waals surface area contributed by atoms with Gasteiger partial charge < -0.3 is 10.1 Å². The predicted octanol–water partition coefficient (Wildman–Crippen LogP) is 2.99. The van der Waals surface area contributed by atoms with Gasteiger partial charge in [0.05, 0.1) is 10.6 Å². The van der Waals surface area contributed by atoms with E-state index < -0.39 is 15.9 Å². The molecule has 8 nitrogen and oxygen atoms in total. The van der Waals surface area contributed by atoms with Crippen LogP contribution < -0.4 is 15.0 Å². The molecule has 10 heteroatoms. The Balaban J connectivity index is 1.46. The summed E-state index contributed by atoms with van der Waals surface area (Å²) in [5.74, 6) is -0.357. The molecule has 0 unspecified atom stereocenters. The van der Waals surface area contributed by atoms with Crippen LogP contribution in [0.1, 0.15) is 31.2 Å². The van der Waals surface area contributed by atoms with E-state index in [1.807, 2.05) is 12.1 Å². The van der Waals surface area contributed by atoms with E-state index in [0.29, 0.717) is 42.5 Å². The van der Waals surface area contributed by atoms with Crippen molar-refractivity contribution in [2.24, 2.45) is 0 Å². The smallest absolute Gasteiger partial charge is 0.265 e. The number of carbonyl (C=O) groups excluding carboxylic acids is 2. The first kappa shape index (κ1) is 24.5. The Hall–Kier alpha value is -2.62. The molecule has 0 aromatic heterocycles. The van der Waals surface area contributed by atoms with Crippen LogP contribution in [-0.4, -0.2) is 57.3 Å². The standard InChI is InChI=1S/C24H28ClN3O5S/c25-19-7-5-18(6-8-19)11-12-26-23(29)16-28-21-15-20(9-10-22(21)33-17-24(28)30)34(31,32)27-13-3-1-2-4-14-27/h5-10,15H,1-4,11-14,16-17H2,(H,26,29). The van der Waals surface area contributed by atoms with Crippen LogP contribution in [0.5, 0.6) is 5.75 Å². The van der Waals surface area contributed by atoms with Gasteiger partial charge in [0.15, 0.2) is 6.61 Å². The quantitative estimate of drug-likeness (QED) is 0.624. The number of ether oxygens (including phenoxy) is 1. The molecular formula is C24H28ClN3O5S. The van der Waals surface area contributed by atoms with Crippen molar-refractivity contribution >= 4 is 39.1 Å². The highest BCUT2D eigenvalue weighted by atomic mass is 35.5. The van der Waals surface area contributed by atoms with Crippen molar-refractivity contribution in [3.8, 4) is 5.75 Å². The number of hydrogen-bond acceptors (Lipinski definition) is 5. The Bertz CT molecular complexity index is 1150. The van der Waals surface area contributed by atoms with E-state index in [-0.39, 0.29) is 24.0 Å². The maximum atomic E-state index is 13.2. The number of halogens is 1. The highest BCUT2D eigenvalue weighted by molar-refractivity contribution is 7.89. The third kappa shape index (κ3) is 5.71. The highest BCUT2D eigenvalue weighted by Gasteiger charge is 2.31. The van der Waals surface area contributed by atoms with E-state index >= 15 is 0 Å². The average Bonchev–Trinajstić information content (AvgIpc) is 3.12. The summed E-state index contributed by atoms with van der Waals surface area (Å²) in [6.45, 7) is 0.935. The number of sulfonamides is 1. The molecule has 0 aliphatic carbocycles. The second-order valence-corrected chi connectivity index (χ2v) is 10.8. The van der Waals surface area contributed by atoms with Crippen LogP contribution in [0.25, 0.3) is 0 Å². The fraction of sp³-hybridized carbons (Fsp3) is 0.417. The summed E-state index contributed by atoms with van der Waals surface area (Å²) < 4.78 is 33.4. The van der Waals surface area contributed by atoms with Gasteiger partial charge in [-0.05, 0) is 55.2 Å². The number of fused-ring (bicyclic) bond motifs is 1. The van der Waals surface area contributed by atoms with Crippen molar-refractivity contribution in [3.05, 3.63) is 53.1 Å². The van der Waals surface area contributed by atoms with E-state index in [1.165, 1.54) is 21.3 Å². The summed E-state index contributed by atoms with van der Waals surface area (Å²) in [6, 6.07) is 11.9.